The van der Waals surface area contributed by atoms with Crippen molar-refractivity contribution >= 4 is 11.8 Å². The maximum absolute atomic E-state index is 9.40. The van der Waals surface area contributed by atoms with Crippen molar-refractivity contribution in [3.63, 3.8) is 0 Å². The summed E-state index contributed by atoms with van der Waals surface area (Å²) in [5.41, 5.74) is 1.35. The summed E-state index contributed by atoms with van der Waals surface area (Å²) in [4.78, 5) is 0. The van der Waals surface area contributed by atoms with E-state index in [-0.39, 0.29) is 11.9 Å². The van der Waals surface area contributed by atoms with E-state index in [9.17, 15) is 5.11 Å². The third-order valence-electron chi connectivity index (χ3n) is 3.55. The molecule has 2 N–H and O–H groups in total. The van der Waals surface area contributed by atoms with Crippen LogP contribution in [0.3, 0.4) is 0 Å². The van der Waals surface area contributed by atoms with Gasteiger partial charge in [-0.2, -0.15) is 11.8 Å². The van der Waals surface area contributed by atoms with Gasteiger partial charge in [0.05, 0.1) is 6.61 Å². The van der Waals surface area contributed by atoms with Crippen LogP contribution >= 0.6 is 11.8 Å². The summed E-state index contributed by atoms with van der Waals surface area (Å²) >= 11 is 1.73. The zero-order chi connectivity index (χ0) is 14.1. The molecule has 0 aliphatic carbocycles. The Bertz CT molecular complexity index is 327. The van der Waals surface area contributed by atoms with Crippen LogP contribution in [0.2, 0.25) is 0 Å². The first-order valence-corrected chi connectivity index (χ1v) is 8.46. The lowest BCUT2D eigenvalue weighted by Crippen LogP contribution is -2.39. The van der Waals surface area contributed by atoms with Crippen molar-refractivity contribution < 1.29 is 5.11 Å². The molecule has 19 heavy (non-hydrogen) atoms. The average molecular weight is 281 g/mol. The van der Waals surface area contributed by atoms with Gasteiger partial charge in [0.1, 0.15) is 0 Å². The SMILES string of the molecule is CCCCC(NC(C)C(CO)SC)c1ccccc1. The quantitative estimate of drug-likeness (QED) is 0.725. The molecular formula is C16H27NOS. The zero-order valence-electron chi connectivity index (χ0n) is 12.3. The summed E-state index contributed by atoms with van der Waals surface area (Å²) < 4.78 is 0. The molecule has 0 saturated carbocycles. The van der Waals surface area contributed by atoms with E-state index >= 15 is 0 Å². The van der Waals surface area contributed by atoms with E-state index in [1.54, 1.807) is 11.8 Å². The van der Waals surface area contributed by atoms with E-state index in [0.717, 1.165) is 6.42 Å². The number of thioether (sulfide) groups is 1. The molecule has 0 aliphatic rings. The van der Waals surface area contributed by atoms with Gasteiger partial charge < -0.3 is 10.4 Å². The van der Waals surface area contributed by atoms with Crippen LogP contribution in [-0.2, 0) is 0 Å². The Morgan fingerprint density at radius 3 is 2.47 bits per heavy atom. The number of aliphatic hydroxyl groups excluding tert-OH is 1. The van der Waals surface area contributed by atoms with Gasteiger partial charge >= 0.3 is 0 Å². The lowest BCUT2D eigenvalue weighted by molar-refractivity contribution is 0.268. The van der Waals surface area contributed by atoms with E-state index in [0.29, 0.717) is 12.1 Å². The van der Waals surface area contributed by atoms with Crippen LogP contribution in [0, 0.1) is 0 Å². The van der Waals surface area contributed by atoms with Crippen molar-refractivity contribution in [2.45, 2.75) is 50.4 Å². The molecule has 2 nitrogen and oxygen atoms in total. The Hall–Kier alpha value is -0.510. The molecule has 3 unspecified atom stereocenters. The van der Waals surface area contributed by atoms with Crippen LogP contribution in [-0.4, -0.2) is 29.3 Å². The number of benzene rings is 1. The van der Waals surface area contributed by atoms with Crippen molar-refractivity contribution in [3.05, 3.63) is 35.9 Å². The van der Waals surface area contributed by atoms with Gasteiger partial charge in [0.25, 0.3) is 0 Å². The van der Waals surface area contributed by atoms with Gasteiger partial charge in [0, 0.05) is 17.3 Å². The molecular weight excluding hydrogens is 254 g/mol. The summed E-state index contributed by atoms with van der Waals surface area (Å²) in [5.74, 6) is 0. The lowest BCUT2D eigenvalue weighted by Gasteiger charge is -2.28. The van der Waals surface area contributed by atoms with Crippen LogP contribution in [0.15, 0.2) is 30.3 Å². The topological polar surface area (TPSA) is 32.3 Å². The van der Waals surface area contributed by atoms with Gasteiger partial charge in [-0.3, -0.25) is 0 Å². The Balaban J connectivity index is 2.69. The van der Waals surface area contributed by atoms with Crippen LogP contribution in [0.25, 0.3) is 0 Å². The molecule has 1 aromatic carbocycles. The molecule has 0 heterocycles. The van der Waals surface area contributed by atoms with E-state index < -0.39 is 0 Å². The fourth-order valence-corrected chi connectivity index (χ4v) is 2.94. The van der Waals surface area contributed by atoms with E-state index in [2.05, 4.69) is 55.8 Å². The lowest BCUT2D eigenvalue weighted by atomic mass is 10.00. The van der Waals surface area contributed by atoms with Crippen molar-refractivity contribution in [2.24, 2.45) is 0 Å². The highest BCUT2D eigenvalue weighted by Crippen LogP contribution is 2.22. The standard InChI is InChI=1S/C16H27NOS/c1-4-5-11-15(14-9-7-6-8-10-14)17-13(2)16(12-18)19-3/h6-10,13,15-18H,4-5,11-12H2,1-3H3. The van der Waals surface area contributed by atoms with Crippen molar-refractivity contribution in [1.29, 1.82) is 0 Å². The number of nitrogens with one attached hydrogen (secondary N) is 1. The molecule has 0 aliphatic heterocycles. The van der Waals surface area contributed by atoms with Crippen LogP contribution < -0.4 is 5.32 Å². The Morgan fingerprint density at radius 2 is 1.95 bits per heavy atom. The second-order valence-corrected chi connectivity index (χ2v) is 6.09. The van der Waals surface area contributed by atoms with Crippen LogP contribution in [0.5, 0.6) is 0 Å². The van der Waals surface area contributed by atoms with Gasteiger partial charge in [-0.25, -0.2) is 0 Å². The fourth-order valence-electron chi connectivity index (χ4n) is 2.30. The smallest absolute Gasteiger partial charge is 0.0564 e. The summed E-state index contributed by atoms with van der Waals surface area (Å²) in [5, 5.41) is 13.3. The minimum atomic E-state index is 0.227. The first kappa shape index (κ1) is 16.5. The Labute approximate surface area is 122 Å². The fraction of sp³-hybridized carbons (Fsp3) is 0.625. The summed E-state index contributed by atoms with van der Waals surface area (Å²) in [6.45, 7) is 4.62. The first-order valence-electron chi connectivity index (χ1n) is 7.17. The number of unbranched alkanes of at least 4 members (excludes halogenated alkanes) is 1. The summed E-state index contributed by atoms with van der Waals surface area (Å²) in [6.07, 6.45) is 5.65. The van der Waals surface area contributed by atoms with E-state index in [1.165, 1.54) is 18.4 Å². The Morgan fingerprint density at radius 1 is 1.26 bits per heavy atom. The molecule has 0 saturated heterocycles. The molecule has 3 atom stereocenters. The molecule has 0 aromatic heterocycles. The second kappa shape index (κ2) is 9.40. The highest BCUT2D eigenvalue weighted by molar-refractivity contribution is 7.99. The highest BCUT2D eigenvalue weighted by atomic mass is 32.2. The van der Waals surface area contributed by atoms with Crippen LogP contribution in [0.4, 0.5) is 0 Å². The van der Waals surface area contributed by atoms with Gasteiger partial charge in [0.2, 0.25) is 0 Å². The number of hydrogen-bond donors (Lipinski definition) is 2. The zero-order valence-corrected chi connectivity index (χ0v) is 13.1. The van der Waals surface area contributed by atoms with Gasteiger partial charge in [-0.15, -0.1) is 0 Å². The normalized spacial score (nSPS) is 16.0. The van der Waals surface area contributed by atoms with E-state index in [4.69, 9.17) is 0 Å². The Kier molecular flexibility index (Phi) is 8.19. The minimum absolute atomic E-state index is 0.227. The summed E-state index contributed by atoms with van der Waals surface area (Å²) in [6, 6.07) is 11.3. The largest absolute Gasteiger partial charge is 0.395 e. The van der Waals surface area contributed by atoms with Crippen molar-refractivity contribution in [3.8, 4) is 0 Å². The minimum Gasteiger partial charge on any atom is -0.395 e. The van der Waals surface area contributed by atoms with Gasteiger partial charge in [0.15, 0.2) is 0 Å². The molecule has 0 amide bonds. The second-order valence-electron chi connectivity index (χ2n) is 5.02. The predicted octanol–water partition coefficient (Wildman–Crippen LogP) is 3.62. The molecule has 3 heteroatoms. The highest BCUT2D eigenvalue weighted by Gasteiger charge is 2.19. The third kappa shape index (κ3) is 5.55. The number of aliphatic hydroxyl groups is 1. The number of hydrogen-bond acceptors (Lipinski definition) is 3. The average Bonchev–Trinajstić information content (AvgIpc) is 2.45. The molecule has 1 aromatic rings. The molecule has 108 valence electrons. The molecule has 0 bridgehead atoms. The molecule has 0 spiro atoms. The summed E-state index contributed by atoms with van der Waals surface area (Å²) in [7, 11) is 0. The van der Waals surface area contributed by atoms with Crippen molar-refractivity contribution in [1.82, 2.24) is 5.32 Å². The molecule has 0 radical (unpaired) electrons. The third-order valence-corrected chi connectivity index (χ3v) is 4.72. The molecule has 1 rings (SSSR count). The van der Waals surface area contributed by atoms with Crippen molar-refractivity contribution in [2.75, 3.05) is 12.9 Å². The maximum atomic E-state index is 9.40. The van der Waals surface area contributed by atoms with Gasteiger partial charge in [-0.1, -0.05) is 50.1 Å². The monoisotopic (exact) mass is 281 g/mol. The molecule has 0 fully saturated rings. The van der Waals surface area contributed by atoms with Crippen LogP contribution in [0.1, 0.15) is 44.7 Å². The predicted molar refractivity (Wildman–Crippen MR) is 85.7 cm³/mol. The number of rotatable bonds is 9. The van der Waals surface area contributed by atoms with E-state index in [1.807, 2.05) is 0 Å². The first-order chi connectivity index (χ1) is 9.22. The maximum Gasteiger partial charge on any atom is 0.0564 e. The van der Waals surface area contributed by atoms with Gasteiger partial charge in [-0.05, 0) is 25.2 Å².